The zero-order valence-electron chi connectivity index (χ0n) is 24.7. The van der Waals surface area contributed by atoms with E-state index in [1.807, 2.05) is 0 Å². The molecule has 0 aromatic rings. The molecule has 0 aliphatic rings. The van der Waals surface area contributed by atoms with Crippen LogP contribution in [0.4, 0.5) is 0 Å². The van der Waals surface area contributed by atoms with Crippen LogP contribution in [0.3, 0.4) is 0 Å². The van der Waals surface area contributed by atoms with Crippen LogP contribution in [0.2, 0.25) is 0 Å². The second-order valence-corrected chi connectivity index (χ2v) is 9.88. The van der Waals surface area contributed by atoms with E-state index in [-0.39, 0.29) is 13.2 Å². The molecule has 0 radical (unpaired) electrons. The Morgan fingerprint density at radius 1 is 0.421 bits per heavy atom. The lowest BCUT2D eigenvalue weighted by molar-refractivity contribution is -0.141. The fourth-order valence-electron chi connectivity index (χ4n) is 4.05. The maximum atomic E-state index is 9.84. The summed E-state index contributed by atoms with van der Waals surface area (Å²) in [5.74, 6) is 0. The minimum Gasteiger partial charge on any atom is -0.394 e. The zero-order chi connectivity index (χ0) is 27.6. The molecule has 0 saturated carbocycles. The smallest absolute Gasteiger partial charge is 0.178 e. The molecule has 38 heavy (non-hydrogen) atoms. The first kappa shape index (κ1) is 37.7. The van der Waals surface area contributed by atoms with E-state index in [1.165, 1.54) is 89.9 Å². The van der Waals surface area contributed by atoms with Crippen molar-refractivity contribution < 1.29 is 38.6 Å². The summed E-state index contributed by atoms with van der Waals surface area (Å²) in [6, 6.07) is 0. The second-order valence-electron chi connectivity index (χ2n) is 9.88. The maximum Gasteiger partial charge on any atom is 0.178 e. The quantitative estimate of drug-likeness (QED) is 0.0783. The van der Waals surface area contributed by atoms with Gasteiger partial charge in [0.25, 0.3) is 0 Å². The largest absolute Gasteiger partial charge is 0.394 e. The summed E-state index contributed by atoms with van der Waals surface area (Å²) in [6.07, 6.45) is 20.7. The topological polar surface area (TPSA) is 95.8 Å². The van der Waals surface area contributed by atoms with Crippen LogP contribution in [0.25, 0.3) is 0 Å². The Hall–Kier alpha value is -0.320. The molecule has 0 saturated heterocycles. The van der Waals surface area contributed by atoms with Gasteiger partial charge in [0.05, 0.1) is 72.7 Å². The molecule has 8 nitrogen and oxygen atoms in total. The van der Waals surface area contributed by atoms with Gasteiger partial charge in [-0.2, -0.15) is 0 Å². The van der Waals surface area contributed by atoms with E-state index in [9.17, 15) is 5.11 Å². The molecule has 1 unspecified atom stereocenters. The van der Waals surface area contributed by atoms with Crippen LogP contribution < -0.4 is 0 Å². The van der Waals surface area contributed by atoms with Crippen molar-refractivity contribution in [2.45, 2.75) is 116 Å². The van der Waals surface area contributed by atoms with Crippen molar-refractivity contribution in [3.63, 3.8) is 0 Å². The predicted octanol–water partition coefficient (Wildman–Crippen LogP) is 5.66. The Morgan fingerprint density at radius 2 is 0.763 bits per heavy atom. The van der Waals surface area contributed by atoms with E-state index in [0.29, 0.717) is 66.1 Å². The first-order valence-corrected chi connectivity index (χ1v) is 15.6. The van der Waals surface area contributed by atoms with E-state index in [0.717, 1.165) is 12.8 Å². The monoisotopic (exact) mass is 550 g/mol. The lowest BCUT2D eigenvalue weighted by Crippen LogP contribution is -2.21. The Bertz CT molecular complexity index is 414. The summed E-state index contributed by atoms with van der Waals surface area (Å²) in [4.78, 5) is 0. The summed E-state index contributed by atoms with van der Waals surface area (Å²) >= 11 is 0. The lowest BCUT2D eigenvalue weighted by Gasteiger charge is -2.12. The summed E-state index contributed by atoms with van der Waals surface area (Å²) in [7, 11) is 0. The normalized spacial score (nSPS) is 12.4. The first-order valence-electron chi connectivity index (χ1n) is 15.6. The molecule has 1 atom stereocenters. The summed E-state index contributed by atoms with van der Waals surface area (Å²) in [5.41, 5.74) is 0. The highest BCUT2D eigenvalue weighted by molar-refractivity contribution is 4.50. The van der Waals surface area contributed by atoms with Crippen LogP contribution in [-0.2, 0) is 28.4 Å². The molecular formula is C30H62O8. The maximum absolute atomic E-state index is 9.84. The number of rotatable bonds is 34. The Kier molecular flexibility index (Phi) is 34.4. The minimum atomic E-state index is -0.872. The van der Waals surface area contributed by atoms with Gasteiger partial charge >= 0.3 is 0 Å². The van der Waals surface area contributed by atoms with Crippen molar-refractivity contribution >= 4 is 0 Å². The number of hydrogen-bond acceptors (Lipinski definition) is 8. The minimum absolute atomic E-state index is 0.0299. The van der Waals surface area contributed by atoms with Gasteiger partial charge in [0.2, 0.25) is 0 Å². The van der Waals surface area contributed by atoms with Gasteiger partial charge in [-0.05, 0) is 6.42 Å². The van der Waals surface area contributed by atoms with Gasteiger partial charge in [0.1, 0.15) is 0 Å². The Balaban J connectivity index is 3.13. The van der Waals surface area contributed by atoms with Crippen molar-refractivity contribution in [1.29, 1.82) is 0 Å². The van der Waals surface area contributed by atoms with Gasteiger partial charge in [0.15, 0.2) is 6.29 Å². The molecule has 230 valence electrons. The Labute approximate surface area is 234 Å². The van der Waals surface area contributed by atoms with Crippen LogP contribution in [-0.4, -0.2) is 95.8 Å². The average Bonchev–Trinajstić information content (AvgIpc) is 2.92. The molecule has 0 spiro atoms. The second kappa shape index (κ2) is 34.7. The van der Waals surface area contributed by atoms with Crippen molar-refractivity contribution in [2.24, 2.45) is 0 Å². The molecule has 0 aliphatic carbocycles. The number of aliphatic hydroxyl groups excluding tert-OH is 2. The average molecular weight is 551 g/mol. The molecule has 0 rings (SSSR count). The van der Waals surface area contributed by atoms with Crippen LogP contribution in [0.1, 0.15) is 110 Å². The summed E-state index contributed by atoms with van der Waals surface area (Å²) < 4.78 is 32.0. The molecule has 0 aromatic carbocycles. The van der Waals surface area contributed by atoms with Gasteiger partial charge in [-0.1, -0.05) is 103 Å². The van der Waals surface area contributed by atoms with Crippen molar-refractivity contribution in [3.8, 4) is 0 Å². The molecule has 0 aliphatic heterocycles. The van der Waals surface area contributed by atoms with Gasteiger partial charge in [-0.15, -0.1) is 0 Å². The van der Waals surface area contributed by atoms with Crippen LogP contribution >= 0.6 is 0 Å². The molecule has 8 heteroatoms. The molecule has 0 fully saturated rings. The number of unbranched alkanes of at least 4 members (excludes halogenated alkanes) is 15. The van der Waals surface area contributed by atoms with Gasteiger partial charge in [0, 0.05) is 6.61 Å². The molecule has 0 bridgehead atoms. The number of ether oxygens (including phenoxy) is 6. The predicted molar refractivity (Wildman–Crippen MR) is 153 cm³/mol. The van der Waals surface area contributed by atoms with Crippen LogP contribution in [0.15, 0.2) is 0 Å². The number of hydrogen-bond donors (Lipinski definition) is 2. The van der Waals surface area contributed by atoms with Gasteiger partial charge < -0.3 is 38.6 Å². The highest BCUT2D eigenvalue weighted by atomic mass is 16.6. The van der Waals surface area contributed by atoms with Gasteiger partial charge in [-0.25, -0.2) is 0 Å². The third kappa shape index (κ3) is 33.7. The SMILES string of the molecule is CCCCCCCCCCCCCCCCCCOC(O)COCCOCCOCCOCCOCCO. The Morgan fingerprint density at radius 3 is 1.16 bits per heavy atom. The van der Waals surface area contributed by atoms with Gasteiger partial charge in [-0.3, -0.25) is 0 Å². The fourth-order valence-corrected chi connectivity index (χ4v) is 4.05. The van der Waals surface area contributed by atoms with E-state index >= 15 is 0 Å². The van der Waals surface area contributed by atoms with E-state index in [1.54, 1.807) is 0 Å². The van der Waals surface area contributed by atoms with E-state index in [4.69, 9.17) is 33.5 Å². The molecule has 2 N–H and O–H groups in total. The highest BCUT2D eigenvalue weighted by Crippen LogP contribution is 2.13. The summed E-state index contributed by atoms with van der Waals surface area (Å²) in [6.45, 7) is 7.21. The summed E-state index contributed by atoms with van der Waals surface area (Å²) in [5, 5.41) is 18.4. The fraction of sp³-hybridized carbons (Fsp3) is 1.00. The highest BCUT2D eigenvalue weighted by Gasteiger charge is 2.04. The molecule has 0 amide bonds. The third-order valence-electron chi connectivity index (χ3n) is 6.29. The number of aliphatic hydroxyl groups is 2. The van der Waals surface area contributed by atoms with E-state index in [2.05, 4.69) is 6.92 Å². The van der Waals surface area contributed by atoms with E-state index < -0.39 is 6.29 Å². The van der Waals surface area contributed by atoms with Crippen molar-refractivity contribution in [2.75, 3.05) is 79.3 Å². The third-order valence-corrected chi connectivity index (χ3v) is 6.29. The van der Waals surface area contributed by atoms with Crippen LogP contribution in [0.5, 0.6) is 0 Å². The molecular weight excluding hydrogens is 488 g/mol. The lowest BCUT2D eigenvalue weighted by atomic mass is 10.0. The standard InChI is InChI=1S/C30H62O8/c1-2-3-4-5-6-7-8-9-10-11-12-13-14-15-16-17-19-38-30(32)29-37-28-27-36-26-25-35-24-23-34-22-21-33-20-18-31/h30-32H,2-29H2,1H3. The zero-order valence-corrected chi connectivity index (χ0v) is 24.7. The molecule has 0 aromatic heterocycles. The van der Waals surface area contributed by atoms with Crippen molar-refractivity contribution in [1.82, 2.24) is 0 Å². The first-order chi connectivity index (χ1) is 18.8. The van der Waals surface area contributed by atoms with Crippen molar-refractivity contribution in [3.05, 3.63) is 0 Å². The molecule has 0 heterocycles. The van der Waals surface area contributed by atoms with Crippen LogP contribution in [0, 0.1) is 0 Å².